The molecule has 4 heterocycles. The Hall–Kier alpha value is -1.55. The predicted octanol–water partition coefficient (Wildman–Crippen LogP) is 1.15. The molecular weight excluding hydrogens is 377 g/mol. The monoisotopic (exact) mass is 397 g/mol. The molecule has 146 valence electrons. The molecule has 1 aliphatic carbocycles. The number of anilines is 1. The summed E-state index contributed by atoms with van der Waals surface area (Å²) >= 11 is 6.16. The Bertz CT molecular complexity index is 854. The van der Waals surface area contributed by atoms with Crippen molar-refractivity contribution in [2.45, 2.75) is 43.7 Å². The lowest BCUT2D eigenvalue weighted by Crippen LogP contribution is -2.30. The number of ether oxygens (including phenoxy) is 1. The average molecular weight is 398 g/mol. The van der Waals surface area contributed by atoms with E-state index in [0.29, 0.717) is 29.0 Å². The highest BCUT2D eigenvalue weighted by Gasteiger charge is 2.46. The largest absolute Gasteiger partial charge is 0.394 e. The lowest BCUT2D eigenvalue weighted by Gasteiger charge is -2.19. The van der Waals surface area contributed by atoms with Crippen molar-refractivity contribution in [2.75, 3.05) is 24.6 Å². The van der Waals surface area contributed by atoms with Crippen molar-refractivity contribution in [2.24, 2.45) is 11.8 Å². The van der Waals surface area contributed by atoms with E-state index in [1.165, 1.54) is 30.0 Å². The Balaban J connectivity index is 1.53. The number of aliphatic hydroxyl groups is 2. The minimum Gasteiger partial charge on any atom is -0.394 e. The van der Waals surface area contributed by atoms with Gasteiger partial charge in [0.2, 0.25) is 5.28 Å². The van der Waals surface area contributed by atoms with Gasteiger partial charge in [0.15, 0.2) is 17.6 Å². The van der Waals surface area contributed by atoms with Crippen LogP contribution in [0.15, 0.2) is 6.20 Å². The fourth-order valence-electron chi connectivity index (χ4n) is 4.78. The highest BCUT2D eigenvalue weighted by atomic mass is 35.5. The molecule has 6 unspecified atom stereocenters. The lowest BCUT2D eigenvalue weighted by atomic mass is 10.0. The highest BCUT2D eigenvalue weighted by Crippen LogP contribution is 2.41. The zero-order chi connectivity index (χ0) is 18.7. The van der Waals surface area contributed by atoms with Crippen LogP contribution in [0.4, 0.5) is 10.2 Å². The van der Waals surface area contributed by atoms with Gasteiger partial charge in [-0.25, -0.2) is 13.9 Å². The summed E-state index contributed by atoms with van der Waals surface area (Å²) in [6.07, 6.45) is 0.0674. The molecule has 27 heavy (non-hydrogen) atoms. The summed E-state index contributed by atoms with van der Waals surface area (Å²) in [4.78, 5) is 11.0. The van der Waals surface area contributed by atoms with Crippen LogP contribution in [-0.4, -0.2) is 67.9 Å². The minimum atomic E-state index is -1.69. The summed E-state index contributed by atoms with van der Waals surface area (Å²) in [6.45, 7) is 1.35. The fraction of sp³-hybridized carbons (Fsp3) is 0.706. The maximum Gasteiger partial charge on any atom is 0.243 e. The molecular formula is C17H21ClFN5O3. The number of alkyl halides is 1. The molecule has 0 aromatic carbocycles. The number of imidazole rings is 1. The molecule has 0 amide bonds. The Morgan fingerprint density at radius 3 is 2.70 bits per heavy atom. The van der Waals surface area contributed by atoms with Crippen LogP contribution in [0.3, 0.4) is 0 Å². The Morgan fingerprint density at radius 2 is 2.04 bits per heavy atom. The van der Waals surface area contributed by atoms with Crippen molar-refractivity contribution in [3.8, 4) is 0 Å². The van der Waals surface area contributed by atoms with Gasteiger partial charge in [0.25, 0.3) is 0 Å². The standard InChI is InChI=1S/C17H21ClFN5O3/c18-17-21-16(23-5-8-2-1-3-9(8)6-23)15-20-4-10(24(15)22-17)14-12(19)13(26)11(7-25)27-14/h4,8-9,11-14,25-26H,1-3,5-7H2. The molecule has 2 aliphatic heterocycles. The molecule has 2 saturated heterocycles. The molecule has 3 aliphatic rings. The summed E-state index contributed by atoms with van der Waals surface area (Å²) < 4.78 is 21.5. The van der Waals surface area contributed by atoms with Gasteiger partial charge in [0.1, 0.15) is 18.3 Å². The van der Waals surface area contributed by atoms with Gasteiger partial charge in [-0.05, 0) is 36.3 Å². The van der Waals surface area contributed by atoms with Crippen LogP contribution in [0.5, 0.6) is 0 Å². The normalized spacial score (nSPS) is 36.1. The molecule has 10 heteroatoms. The van der Waals surface area contributed by atoms with E-state index in [1.54, 1.807) is 0 Å². The number of hydrogen-bond donors (Lipinski definition) is 2. The van der Waals surface area contributed by atoms with E-state index in [1.807, 2.05) is 0 Å². The molecule has 8 nitrogen and oxygen atoms in total. The summed E-state index contributed by atoms with van der Waals surface area (Å²) in [5.74, 6) is 1.98. The highest BCUT2D eigenvalue weighted by molar-refractivity contribution is 6.28. The number of aromatic nitrogens is 4. The van der Waals surface area contributed by atoms with Crippen molar-refractivity contribution < 1.29 is 19.3 Å². The second-order valence-electron chi connectivity index (χ2n) is 7.69. The van der Waals surface area contributed by atoms with Gasteiger partial charge in [0.05, 0.1) is 18.5 Å². The molecule has 0 spiro atoms. The van der Waals surface area contributed by atoms with Crippen molar-refractivity contribution in [3.05, 3.63) is 17.2 Å². The number of halogens is 2. The van der Waals surface area contributed by atoms with E-state index in [2.05, 4.69) is 20.0 Å². The second-order valence-corrected chi connectivity index (χ2v) is 8.03. The average Bonchev–Trinajstić information content (AvgIpc) is 3.39. The molecule has 2 aromatic rings. The SMILES string of the molecule is OCC1OC(c2cnc3c(N4CC5CCCC5C4)nc(Cl)nn23)C(F)C1O. The predicted molar refractivity (Wildman–Crippen MR) is 94.4 cm³/mol. The van der Waals surface area contributed by atoms with Crippen LogP contribution in [0.25, 0.3) is 5.65 Å². The second kappa shape index (κ2) is 6.51. The topological polar surface area (TPSA) is 96.0 Å². The van der Waals surface area contributed by atoms with Crippen LogP contribution in [0, 0.1) is 11.8 Å². The van der Waals surface area contributed by atoms with E-state index < -0.39 is 31.1 Å². The van der Waals surface area contributed by atoms with E-state index >= 15 is 0 Å². The first kappa shape index (κ1) is 17.5. The Kier molecular flexibility index (Phi) is 4.23. The molecule has 5 rings (SSSR count). The first-order valence-electron chi connectivity index (χ1n) is 9.31. The van der Waals surface area contributed by atoms with Crippen molar-refractivity contribution in [1.82, 2.24) is 19.6 Å². The van der Waals surface area contributed by atoms with Crippen molar-refractivity contribution in [3.63, 3.8) is 0 Å². The van der Waals surface area contributed by atoms with Gasteiger partial charge in [-0.15, -0.1) is 5.10 Å². The van der Waals surface area contributed by atoms with E-state index in [0.717, 1.165) is 13.1 Å². The number of aliphatic hydroxyl groups excluding tert-OH is 2. The third kappa shape index (κ3) is 2.71. The lowest BCUT2D eigenvalue weighted by molar-refractivity contribution is -0.0241. The zero-order valence-corrected chi connectivity index (χ0v) is 15.3. The van der Waals surface area contributed by atoms with E-state index in [-0.39, 0.29) is 5.28 Å². The Morgan fingerprint density at radius 1 is 1.30 bits per heavy atom. The summed E-state index contributed by atoms with van der Waals surface area (Å²) in [5, 5.41) is 23.4. The minimum absolute atomic E-state index is 0.0430. The van der Waals surface area contributed by atoms with Crippen LogP contribution in [0.1, 0.15) is 31.1 Å². The molecule has 3 fully saturated rings. The van der Waals surface area contributed by atoms with Gasteiger partial charge in [-0.3, -0.25) is 0 Å². The van der Waals surface area contributed by atoms with Gasteiger partial charge < -0.3 is 19.8 Å². The summed E-state index contributed by atoms with van der Waals surface area (Å²) in [7, 11) is 0. The number of nitrogens with zero attached hydrogens (tertiary/aromatic N) is 5. The smallest absolute Gasteiger partial charge is 0.243 e. The van der Waals surface area contributed by atoms with Crippen LogP contribution in [0.2, 0.25) is 5.28 Å². The van der Waals surface area contributed by atoms with Crippen molar-refractivity contribution >= 4 is 23.1 Å². The Labute approximate surface area is 159 Å². The molecule has 0 radical (unpaired) electrons. The first-order valence-corrected chi connectivity index (χ1v) is 9.69. The molecule has 0 bridgehead atoms. The number of fused-ring (bicyclic) bond motifs is 2. The van der Waals surface area contributed by atoms with Gasteiger partial charge in [-0.1, -0.05) is 6.42 Å². The first-order chi connectivity index (χ1) is 13.1. The van der Waals surface area contributed by atoms with E-state index in [9.17, 15) is 14.6 Å². The van der Waals surface area contributed by atoms with Gasteiger partial charge in [0, 0.05) is 13.1 Å². The number of rotatable bonds is 3. The van der Waals surface area contributed by atoms with Crippen LogP contribution in [-0.2, 0) is 4.74 Å². The van der Waals surface area contributed by atoms with E-state index in [4.69, 9.17) is 16.3 Å². The van der Waals surface area contributed by atoms with Gasteiger partial charge >= 0.3 is 0 Å². The van der Waals surface area contributed by atoms with Crippen molar-refractivity contribution in [1.29, 1.82) is 0 Å². The maximum absolute atomic E-state index is 14.6. The molecule has 1 saturated carbocycles. The third-order valence-corrected chi connectivity index (χ3v) is 6.32. The summed E-state index contributed by atoms with van der Waals surface area (Å²) in [5.41, 5.74) is 0.838. The quantitative estimate of drug-likeness (QED) is 0.801. The third-order valence-electron chi connectivity index (χ3n) is 6.16. The maximum atomic E-state index is 14.6. The van der Waals surface area contributed by atoms with Crippen LogP contribution >= 0.6 is 11.6 Å². The molecule has 2 N–H and O–H groups in total. The molecule has 2 aromatic heterocycles. The van der Waals surface area contributed by atoms with Gasteiger partial charge in [-0.2, -0.15) is 4.98 Å². The number of hydrogen-bond acceptors (Lipinski definition) is 7. The summed E-state index contributed by atoms with van der Waals surface area (Å²) in [6, 6.07) is 0. The molecule has 6 atom stereocenters. The fourth-order valence-corrected chi connectivity index (χ4v) is 4.94. The van der Waals surface area contributed by atoms with Crippen LogP contribution < -0.4 is 4.90 Å². The zero-order valence-electron chi connectivity index (χ0n) is 14.6.